The van der Waals surface area contributed by atoms with Crippen molar-refractivity contribution in [3.63, 3.8) is 0 Å². The van der Waals surface area contributed by atoms with E-state index < -0.39 is 5.54 Å². The van der Waals surface area contributed by atoms with Gasteiger partial charge in [-0.3, -0.25) is 9.59 Å². The van der Waals surface area contributed by atoms with Crippen LogP contribution in [0.5, 0.6) is 0 Å². The van der Waals surface area contributed by atoms with Crippen molar-refractivity contribution in [1.82, 2.24) is 10.2 Å². The van der Waals surface area contributed by atoms with Gasteiger partial charge in [0.25, 0.3) is 0 Å². The van der Waals surface area contributed by atoms with Gasteiger partial charge in [0.1, 0.15) is 11.4 Å². The lowest BCUT2D eigenvalue weighted by atomic mass is 9.94. The van der Waals surface area contributed by atoms with Crippen LogP contribution in [0, 0.1) is 19.7 Å². The highest BCUT2D eigenvalue weighted by atomic mass is 19.1. The third-order valence-corrected chi connectivity index (χ3v) is 4.09. The predicted molar refractivity (Wildman–Crippen MR) is 78.1 cm³/mol. The number of rotatable bonds is 3. The number of hydrogen-bond donors (Lipinski definition) is 1. The fourth-order valence-corrected chi connectivity index (χ4v) is 2.71. The smallest absolute Gasteiger partial charge is 0.248 e. The van der Waals surface area contributed by atoms with Gasteiger partial charge in [-0.2, -0.15) is 0 Å². The van der Waals surface area contributed by atoms with E-state index in [1.807, 2.05) is 6.92 Å². The van der Waals surface area contributed by atoms with Gasteiger partial charge in [0.15, 0.2) is 0 Å². The normalized spacial score (nSPS) is 22.4. The summed E-state index contributed by atoms with van der Waals surface area (Å²) in [7, 11) is 0. The second-order valence-corrected chi connectivity index (χ2v) is 5.94. The molecule has 0 spiro atoms. The van der Waals surface area contributed by atoms with Gasteiger partial charge in [0, 0.05) is 6.54 Å². The van der Waals surface area contributed by atoms with E-state index in [-0.39, 0.29) is 24.2 Å². The predicted octanol–water partition coefficient (Wildman–Crippen LogP) is 2.07. The highest BCUT2D eigenvalue weighted by Crippen LogP contribution is 2.21. The van der Waals surface area contributed by atoms with Crippen molar-refractivity contribution in [2.75, 3.05) is 6.54 Å². The summed E-state index contributed by atoms with van der Waals surface area (Å²) < 4.78 is 13.7. The van der Waals surface area contributed by atoms with E-state index in [9.17, 15) is 14.0 Å². The summed E-state index contributed by atoms with van der Waals surface area (Å²) in [5.74, 6) is -0.474. The monoisotopic (exact) mass is 292 g/mol. The summed E-state index contributed by atoms with van der Waals surface area (Å²) in [5.41, 5.74) is 1.10. The van der Waals surface area contributed by atoms with Crippen molar-refractivity contribution >= 4 is 11.8 Å². The quantitative estimate of drug-likeness (QED) is 0.927. The summed E-state index contributed by atoms with van der Waals surface area (Å²) in [6.07, 6.45) is 0.537. The standard InChI is InChI=1S/C16H21FN2O2/c1-5-16(4)15(21)19(9-13(20)18-16)8-12-6-10(2)14(17)11(3)7-12/h6-7H,5,8-9H2,1-4H3,(H,18,20). The molecule has 1 fully saturated rings. The molecule has 1 aromatic rings. The molecule has 1 heterocycles. The molecule has 0 aromatic heterocycles. The molecule has 1 aliphatic heterocycles. The number of piperazine rings is 1. The molecule has 0 saturated carbocycles. The highest BCUT2D eigenvalue weighted by molar-refractivity contribution is 5.97. The summed E-state index contributed by atoms with van der Waals surface area (Å²) in [5, 5.41) is 2.75. The Labute approximate surface area is 124 Å². The number of amides is 2. The minimum atomic E-state index is -0.848. The number of aryl methyl sites for hydroxylation is 2. The molecule has 1 N–H and O–H groups in total. The minimum absolute atomic E-state index is 0.0455. The van der Waals surface area contributed by atoms with Crippen molar-refractivity contribution in [2.45, 2.75) is 46.2 Å². The Kier molecular flexibility index (Phi) is 4.03. The first-order valence-electron chi connectivity index (χ1n) is 7.13. The molecule has 114 valence electrons. The molecule has 0 radical (unpaired) electrons. The van der Waals surface area contributed by atoms with Crippen molar-refractivity contribution < 1.29 is 14.0 Å². The van der Waals surface area contributed by atoms with Crippen molar-refractivity contribution in [3.8, 4) is 0 Å². The molecule has 1 aliphatic rings. The lowest BCUT2D eigenvalue weighted by Crippen LogP contribution is -2.64. The molecule has 2 amide bonds. The Morgan fingerprint density at radius 2 is 1.86 bits per heavy atom. The number of hydrogen-bond acceptors (Lipinski definition) is 2. The second-order valence-electron chi connectivity index (χ2n) is 5.94. The van der Waals surface area contributed by atoms with Crippen LogP contribution in [0.1, 0.15) is 37.0 Å². The summed E-state index contributed by atoms with van der Waals surface area (Å²) >= 11 is 0. The van der Waals surface area contributed by atoms with Crippen LogP contribution in [0.15, 0.2) is 12.1 Å². The van der Waals surface area contributed by atoms with Crippen molar-refractivity contribution in [3.05, 3.63) is 34.6 Å². The van der Waals surface area contributed by atoms with Gasteiger partial charge in [0.05, 0.1) is 6.54 Å². The fourth-order valence-electron chi connectivity index (χ4n) is 2.71. The molecule has 1 atom stereocenters. The largest absolute Gasteiger partial charge is 0.340 e. The molecule has 1 unspecified atom stereocenters. The molecule has 0 bridgehead atoms. The lowest BCUT2D eigenvalue weighted by Gasteiger charge is -2.39. The van der Waals surface area contributed by atoms with E-state index in [0.717, 1.165) is 5.56 Å². The Hall–Kier alpha value is -1.91. The fraction of sp³-hybridized carbons (Fsp3) is 0.500. The lowest BCUT2D eigenvalue weighted by molar-refractivity contribution is -0.149. The van der Waals surface area contributed by atoms with Crippen LogP contribution in [0.4, 0.5) is 4.39 Å². The van der Waals surface area contributed by atoms with E-state index in [4.69, 9.17) is 0 Å². The van der Waals surface area contributed by atoms with Gasteiger partial charge < -0.3 is 10.2 Å². The number of carbonyl (C=O) groups excluding carboxylic acids is 2. The zero-order valence-electron chi connectivity index (χ0n) is 12.9. The van der Waals surface area contributed by atoms with Crippen LogP contribution >= 0.6 is 0 Å². The maximum atomic E-state index is 13.7. The first-order chi connectivity index (χ1) is 9.76. The van der Waals surface area contributed by atoms with E-state index in [2.05, 4.69) is 5.32 Å². The van der Waals surface area contributed by atoms with Gasteiger partial charge in [-0.25, -0.2) is 4.39 Å². The van der Waals surface area contributed by atoms with Crippen LogP contribution in [-0.2, 0) is 16.1 Å². The average Bonchev–Trinajstić information content (AvgIpc) is 2.41. The Morgan fingerprint density at radius 1 is 1.29 bits per heavy atom. The molecular weight excluding hydrogens is 271 g/mol. The van der Waals surface area contributed by atoms with Crippen LogP contribution in [0.3, 0.4) is 0 Å². The summed E-state index contributed by atoms with van der Waals surface area (Å²) in [4.78, 5) is 25.8. The molecule has 5 heteroatoms. The van der Waals surface area contributed by atoms with Gasteiger partial charge in [-0.05, 0) is 43.9 Å². The molecule has 4 nitrogen and oxygen atoms in total. The Morgan fingerprint density at radius 3 is 2.38 bits per heavy atom. The van der Waals surface area contributed by atoms with Crippen LogP contribution in [-0.4, -0.2) is 28.8 Å². The highest BCUT2D eigenvalue weighted by Gasteiger charge is 2.41. The first kappa shape index (κ1) is 15.5. The number of benzene rings is 1. The molecule has 0 aliphatic carbocycles. The minimum Gasteiger partial charge on any atom is -0.340 e. The Balaban J connectivity index is 2.26. The van der Waals surface area contributed by atoms with E-state index in [1.165, 1.54) is 4.90 Å². The van der Waals surface area contributed by atoms with E-state index in [0.29, 0.717) is 24.1 Å². The maximum absolute atomic E-state index is 13.7. The molecule has 21 heavy (non-hydrogen) atoms. The Bertz CT molecular complexity index is 577. The third-order valence-electron chi connectivity index (χ3n) is 4.09. The topological polar surface area (TPSA) is 49.4 Å². The third kappa shape index (κ3) is 2.91. The number of nitrogens with one attached hydrogen (secondary N) is 1. The molecule has 1 saturated heterocycles. The van der Waals surface area contributed by atoms with Crippen molar-refractivity contribution in [1.29, 1.82) is 0 Å². The van der Waals surface area contributed by atoms with Gasteiger partial charge in [-0.15, -0.1) is 0 Å². The molecule has 2 rings (SSSR count). The maximum Gasteiger partial charge on any atom is 0.248 e. The first-order valence-corrected chi connectivity index (χ1v) is 7.13. The zero-order chi connectivity index (χ0) is 15.8. The number of carbonyl (C=O) groups is 2. The van der Waals surface area contributed by atoms with E-state index >= 15 is 0 Å². The molecular formula is C16H21FN2O2. The van der Waals surface area contributed by atoms with Crippen LogP contribution < -0.4 is 5.32 Å². The average molecular weight is 292 g/mol. The van der Waals surface area contributed by atoms with Gasteiger partial charge >= 0.3 is 0 Å². The van der Waals surface area contributed by atoms with Crippen LogP contribution in [0.25, 0.3) is 0 Å². The zero-order valence-corrected chi connectivity index (χ0v) is 12.9. The second kappa shape index (κ2) is 5.47. The van der Waals surface area contributed by atoms with Gasteiger partial charge in [-0.1, -0.05) is 19.1 Å². The van der Waals surface area contributed by atoms with Crippen LogP contribution in [0.2, 0.25) is 0 Å². The SMILES string of the molecule is CCC1(C)NC(=O)CN(Cc2cc(C)c(F)c(C)c2)C1=O. The van der Waals surface area contributed by atoms with E-state index in [1.54, 1.807) is 32.9 Å². The number of halogens is 1. The summed E-state index contributed by atoms with van der Waals surface area (Å²) in [6.45, 7) is 7.38. The van der Waals surface area contributed by atoms with Crippen molar-refractivity contribution in [2.24, 2.45) is 0 Å². The number of nitrogens with zero attached hydrogens (tertiary/aromatic N) is 1. The summed E-state index contributed by atoms with van der Waals surface area (Å²) in [6, 6.07) is 3.46. The van der Waals surface area contributed by atoms with Gasteiger partial charge in [0.2, 0.25) is 11.8 Å². The molecule has 1 aromatic carbocycles.